The second kappa shape index (κ2) is 4.63. The molecule has 4 nitrogen and oxygen atoms in total. The summed E-state index contributed by atoms with van der Waals surface area (Å²) in [5.74, 6) is 0. The fourth-order valence-corrected chi connectivity index (χ4v) is 4.00. The molecule has 0 aromatic rings. The lowest BCUT2D eigenvalue weighted by Crippen LogP contribution is -2.35. The van der Waals surface area contributed by atoms with Crippen LogP contribution in [0, 0.1) is 11.3 Å². The van der Waals surface area contributed by atoms with Gasteiger partial charge in [-0.1, -0.05) is 11.6 Å². The molecule has 0 N–H and O–H groups in total. The molecule has 5 heteroatoms. The first-order valence-corrected chi connectivity index (χ1v) is 7.27. The zero-order chi connectivity index (χ0) is 12.5. The van der Waals surface area contributed by atoms with E-state index in [0.29, 0.717) is 24.3 Å². The van der Waals surface area contributed by atoms with E-state index in [4.69, 9.17) is 5.26 Å². The fourth-order valence-electron chi connectivity index (χ4n) is 2.24. The summed E-state index contributed by atoms with van der Waals surface area (Å²) >= 11 is 0. The molecule has 1 unspecified atom stereocenters. The van der Waals surface area contributed by atoms with E-state index in [9.17, 15) is 8.42 Å². The summed E-state index contributed by atoms with van der Waals surface area (Å²) in [7, 11) is -3.42. The van der Waals surface area contributed by atoms with Crippen LogP contribution in [0.1, 0.15) is 32.6 Å². The Morgan fingerprint density at radius 3 is 2.76 bits per heavy atom. The number of sulfonamides is 1. The Kier molecular flexibility index (Phi) is 3.36. The third-order valence-electron chi connectivity index (χ3n) is 3.31. The molecule has 0 amide bonds. The highest BCUT2D eigenvalue weighted by Gasteiger charge is 2.36. The van der Waals surface area contributed by atoms with E-state index in [0.717, 1.165) is 12.8 Å². The first kappa shape index (κ1) is 12.3. The lowest BCUT2D eigenvalue weighted by Gasteiger charge is -2.22. The standard InChI is InChI=1S/C12H16N2O2S/c1-10-4-6-12(7-5-10)17(15,16)14-8-2-3-11(14)9-13/h4,6,11H,2-3,5,7-8H2,1H3. The quantitative estimate of drug-likeness (QED) is 0.754. The predicted octanol–water partition coefficient (Wildman–Crippen LogP) is 1.93. The molecule has 1 aliphatic heterocycles. The number of nitriles is 1. The highest BCUT2D eigenvalue weighted by atomic mass is 32.2. The van der Waals surface area contributed by atoms with Gasteiger partial charge < -0.3 is 0 Å². The number of hydrogen-bond donors (Lipinski definition) is 0. The van der Waals surface area contributed by atoms with Crippen LogP contribution in [-0.2, 0) is 10.0 Å². The molecule has 0 spiro atoms. The van der Waals surface area contributed by atoms with Crippen LogP contribution in [0.25, 0.3) is 0 Å². The van der Waals surface area contributed by atoms with Gasteiger partial charge in [0.05, 0.1) is 11.0 Å². The van der Waals surface area contributed by atoms with Crippen molar-refractivity contribution in [1.29, 1.82) is 5.26 Å². The SMILES string of the molecule is CC1=CC=C(S(=O)(=O)N2CCCC2C#N)CC1. The minimum atomic E-state index is -3.42. The van der Waals surface area contributed by atoms with Gasteiger partial charge in [0, 0.05) is 6.54 Å². The van der Waals surface area contributed by atoms with Crippen LogP contribution in [-0.4, -0.2) is 25.3 Å². The van der Waals surface area contributed by atoms with Crippen molar-refractivity contribution in [3.8, 4) is 6.07 Å². The first-order chi connectivity index (χ1) is 8.05. The molecule has 1 fully saturated rings. The summed E-state index contributed by atoms with van der Waals surface area (Å²) in [6, 6.07) is 1.59. The van der Waals surface area contributed by atoms with Crippen molar-refractivity contribution in [3.05, 3.63) is 22.6 Å². The fraction of sp³-hybridized carbons (Fsp3) is 0.583. The van der Waals surface area contributed by atoms with Crippen LogP contribution in [0.2, 0.25) is 0 Å². The van der Waals surface area contributed by atoms with E-state index in [1.165, 1.54) is 9.88 Å². The average Bonchev–Trinajstić information content (AvgIpc) is 2.78. The molecule has 2 aliphatic rings. The van der Waals surface area contributed by atoms with Crippen molar-refractivity contribution >= 4 is 10.0 Å². The maximum Gasteiger partial charge on any atom is 0.240 e. The Bertz CT molecular complexity index is 511. The third kappa shape index (κ3) is 2.28. The zero-order valence-corrected chi connectivity index (χ0v) is 10.7. The van der Waals surface area contributed by atoms with Crippen molar-refractivity contribution in [2.45, 2.75) is 38.6 Å². The summed E-state index contributed by atoms with van der Waals surface area (Å²) in [4.78, 5) is 0.449. The molecule has 0 radical (unpaired) electrons. The topological polar surface area (TPSA) is 61.2 Å². The minimum absolute atomic E-state index is 0.449. The Morgan fingerprint density at radius 2 is 2.18 bits per heavy atom. The molecule has 2 rings (SSSR count). The zero-order valence-electron chi connectivity index (χ0n) is 9.89. The number of hydrogen-bond acceptors (Lipinski definition) is 3. The molecular formula is C12H16N2O2S. The summed E-state index contributed by atoms with van der Waals surface area (Å²) in [5, 5.41) is 8.95. The minimum Gasteiger partial charge on any atom is -0.207 e. The van der Waals surface area contributed by atoms with Gasteiger partial charge in [-0.3, -0.25) is 0 Å². The molecule has 17 heavy (non-hydrogen) atoms. The smallest absolute Gasteiger partial charge is 0.207 e. The second-order valence-electron chi connectivity index (χ2n) is 4.55. The third-order valence-corrected chi connectivity index (χ3v) is 5.37. The summed E-state index contributed by atoms with van der Waals surface area (Å²) in [6.07, 6.45) is 6.31. The van der Waals surface area contributed by atoms with Crippen LogP contribution >= 0.6 is 0 Å². The molecule has 1 saturated heterocycles. The maximum atomic E-state index is 12.3. The number of allylic oxidation sites excluding steroid dienone is 4. The lowest BCUT2D eigenvalue weighted by atomic mass is 10.1. The van der Waals surface area contributed by atoms with Crippen molar-refractivity contribution in [2.75, 3.05) is 6.54 Å². The summed E-state index contributed by atoms with van der Waals surface area (Å²) < 4.78 is 26.0. The van der Waals surface area contributed by atoms with E-state index < -0.39 is 16.1 Å². The van der Waals surface area contributed by atoms with Gasteiger partial charge in [-0.05, 0) is 38.7 Å². The van der Waals surface area contributed by atoms with Crippen molar-refractivity contribution in [3.63, 3.8) is 0 Å². The Balaban J connectivity index is 2.29. The van der Waals surface area contributed by atoms with Gasteiger partial charge in [-0.25, -0.2) is 8.42 Å². The van der Waals surface area contributed by atoms with E-state index in [2.05, 4.69) is 6.07 Å². The van der Waals surface area contributed by atoms with Gasteiger partial charge in [0.1, 0.15) is 6.04 Å². The Labute approximate surface area is 102 Å². The maximum absolute atomic E-state index is 12.3. The van der Waals surface area contributed by atoms with E-state index >= 15 is 0 Å². The highest BCUT2D eigenvalue weighted by molar-refractivity contribution is 7.93. The van der Waals surface area contributed by atoms with Gasteiger partial charge in [0.2, 0.25) is 10.0 Å². The average molecular weight is 252 g/mol. The van der Waals surface area contributed by atoms with Crippen molar-refractivity contribution in [2.24, 2.45) is 0 Å². The van der Waals surface area contributed by atoms with Crippen molar-refractivity contribution in [1.82, 2.24) is 4.31 Å². The van der Waals surface area contributed by atoms with Gasteiger partial charge in [0.15, 0.2) is 0 Å². The molecule has 0 aromatic heterocycles. The molecule has 92 valence electrons. The normalized spacial score (nSPS) is 26.2. The van der Waals surface area contributed by atoms with Gasteiger partial charge in [0.25, 0.3) is 0 Å². The second-order valence-corrected chi connectivity index (χ2v) is 6.49. The van der Waals surface area contributed by atoms with Gasteiger partial charge in [-0.2, -0.15) is 9.57 Å². The highest BCUT2D eigenvalue weighted by Crippen LogP contribution is 2.29. The molecule has 0 saturated carbocycles. The summed E-state index contributed by atoms with van der Waals surface area (Å²) in [6.45, 7) is 2.47. The van der Waals surface area contributed by atoms with E-state index in [1.807, 2.05) is 13.0 Å². The van der Waals surface area contributed by atoms with Crippen LogP contribution in [0.3, 0.4) is 0 Å². The van der Waals surface area contributed by atoms with Crippen LogP contribution < -0.4 is 0 Å². The van der Waals surface area contributed by atoms with E-state index in [1.54, 1.807) is 6.08 Å². The van der Waals surface area contributed by atoms with Crippen LogP contribution in [0.5, 0.6) is 0 Å². The molecule has 0 bridgehead atoms. The lowest BCUT2D eigenvalue weighted by molar-refractivity contribution is 0.441. The Morgan fingerprint density at radius 1 is 1.41 bits per heavy atom. The molecule has 1 heterocycles. The monoisotopic (exact) mass is 252 g/mol. The van der Waals surface area contributed by atoms with Gasteiger partial charge >= 0.3 is 0 Å². The Hall–Kier alpha value is -1.12. The van der Waals surface area contributed by atoms with Crippen LogP contribution in [0.4, 0.5) is 0 Å². The molecule has 1 aliphatic carbocycles. The van der Waals surface area contributed by atoms with Gasteiger partial charge in [-0.15, -0.1) is 0 Å². The van der Waals surface area contributed by atoms with Crippen LogP contribution in [0.15, 0.2) is 22.6 Å². The first-order valence-electron chi connectivity index (χ1n) is 5.83. The molecule has 0 aromatic carbocycles. The largest absolute Gasteiger partial charge is 0.240 e. The van der Waals surface area contributed by atoms with Crippen molar-refractivity contribution < 1.29 is 8.42 Å². The molecular weight excluding hydrogens is 236 g/mol. The number of nitrogens with zero attached hydrogens (tertiary/aromatic N) is 2. The predicted molar refractivity (Wildman–Crippen MR) is 65.3 cm³/mol. The van der Waals surface area contributed by atoms with E-state index in [-0.39, 0.29) is 0 Å². The summed E-state index contributed by atoms with van der Waals surface area (Å²) in [5.41, 5.74) is 1.20. The molecule has 1 atom stereocenters. The number of rotatable bonds is 2.